The van der Waals surface area contributed by atoms with Crippen LogP contribution < -0.4 is 4.74 Å². The highest BCUT2D eigenvalue weighted by Gasteiger charge is 2.31. The second-order valence-electron chi connectivity index (χ2n) is 5.94. The van der Waals surface area contributed by atoms with Crippen LogP contribution in [-0.4, -0.2) is 50.0 Å². The average Bonchev–Trinajstić information content (AvgIpc) is 2.68. The van der Waals surface area contributed by atoms with Gasteiger partial charge in [-0.1, -0.05) is 0 Å². The number of aromatic nitrogens is 1. The molecule has 3 rings (SSSR count). The van der Waals surface area contributed by atoms with E-state index >= 15 is 0 Å². The first-order valence-corrected chi connectivity index (χ1v) is 9.70. The van der Waals surface area contributed by atoms with E-state index in [1.54, 1.807) is 24.5 Å². The minimum Gasteiger partial charge on any atom is -0.489 e. The molecule has 0 N–H and O–H groups in total. The van der Waals surface area contributed by atoms with Gasteiger partial charge < -0.3 is 9.47 Å². The predicted octanol–water partition coefficient (Wildman–Crippen LogP) is 2.10. The smallest absolute Gasteiger partial charge is 0.337 e. The van der Waals surface area contributed by atoms with Gasteiger partial charge in [0, 0.05) is 18.9 Å². The Morgan fingerprint density at radius 3 is 2.50 bits per heavy atom. The molecule has 138 valence electrons. The number of carbonyl (C=O) groups is 1. The van der Waals surface area contributed by atoms with E-state index in [2.05, 4.69) is 9.72 Å². The van der Waals surface area contributed by atoms with Gasteiger partial charge in [0.2, 0.25) is 10.0 Å². The number of carbonyl (C=O) groups excluding carboxylic acids is 1. The predicted molar refractivity (Wildman–Crippen MR) is 94.4 cm³/mol. The monoisotopic (exact) mass is 376 g/mol. The number of methoxy groups -OCH3 is 1. The van der Waals surface area contributed by atoms with Gasteiger partial charge in [0.15, 0.2) is 0 Å². The van der Waals surface area contributed by atoms with Gasteiger partial charge in [-0.3, -0.25) is 4.98 Å². The Morgan fingerprint density at radius 2 is 1.85 bits per heavy atom. The molecule has 2 heterocycles. The summed E-state index contributed by atoms with van der Waals surface area (Å²) < 4.78 is 37.7. The van der Waals surface area contributed by atoms with Crippen molar-refractivity contribution in [2.24, 2.45) is 0 Å². The molecule has 1 saturated heterocycles. The summed E-state index contributed by atoms with van der Waals surface area (Å²) in [5.74, 6) is 0.171. The summed E-state index contributed by atoms with van der Waals surface area (Å²) in [6, 6.07) is 9.25. The Balaban J connectivity index is 1.73. The summed E-state index contributed by atoms with van der Waals surface area (Å²) in [4.78, 5) is 15.6. The molecule has 1 atom stereocenters. The fourth-order valence-electron chi connectivity index (χ4n) is 2.86. The molecule has 8 heteroatoms. The Morgan fingerprint density at radius 1 is 1.15 bits per heavy atom. The fourth-order valence-corrected chi connectivity index (χ4v) is 4.37. The summed E-state index contributed by atoms with van der Waals surface area (Å²) in [7, 11) is -2.37. The molecule has 1 aromatic heterocycles. The number of hydrogen-bond donors (Lipinski definition) is 0. The molecule has 1 aliphatic heterocycles. The van der Waals surface area contributed by atoms with Crippen LogP contribution in [0.3, 0.4) is 0 Å². The topological polar surface area (TPSA) is 85.8 Å². The highest BCUT2D eigenvalue weighted by Crippen LogP contribution is 2.24. The number of benzene rings is 1. The molecule has 0 spiro atoms. The number of pyridine rings is 1. The van der Waals surface area contributed by atoms with Gasteiger partial charge in [0.25, 0.3) is 0 Å². The first-order valence-electron chi connectivity index (χ1n) is 8.26. The van der Waals surface area contributed by atoms with Gasteiger partial charge in [-0.05, 0) is 49.2 Å². The molecule has 0 radical (unpaired) electrons. The van der Waals surface area contributed by atoms with Crippen LogP contribution in [-0.2, 0) is 14.8 Å². The lowest BCUT2D eigenvalue weighted by molar-refractivity contribution is 0.0600. The van der Waals surface area contributed by atoms with Gasteiger partial charge in [0.05, 0.1) is 24.1 Å². The maximum absolute atomic E-state index is 12.9. The van der Waals surface area contributed by atoms with Crippen LogP contribution in [0, 0.1) is 0 Å². The second kappa shape index (κ2) is 7.84. The number of rotatable bonds is 5. The zero-order valence-corrected chi connectivity index (χ0v) is 15.2. The molecule has 0 amide bonds. The van der Waals surface area contributed by atoms with Crippen LogP contribution in [0.1, 0.15) is 23.2 Å². The van der Waals surface area contributed by atoms with Gasteiger partial charge in [-0.25, -0.2) is 13.2 Å². The SMILES string of the molecule is COC(=O)c1ccc(S(=O)(=O)N2CCCC(Oc3ccncc3)C2)cc1. The van der Waals surface area contributed by atoms with Crippen molar-refractivity contribution >= 4 is 16.0 Å². The van der Waals surface area contributed by atoms with Crippen molar-refractivity contribution in [1.82, 2.24) is 9.29 Å². The lowest BCUT2D eigenvalue weighted by Gasteiger charge is -2.32. The van der Waals surface area contributed by atoms with Crippen LogP contribution in [0.5, 0.6) is 5.75 Å². The van der Waals surface area contributed by atoms with E-state index in [1.165, 1.54) is 35.7 Å². The van der Waals surface area contributed by atoms with Crippen molar-refractivity contribution in [1.29, 1.82) is 0 Å². The lowest BCUT2D eigenvalue weighted by atomic mass is 10.1. The molecule has 26 heavy (non-hydrogen) atoms. The highest BCUT2D eigenvalue weighted by atomic mass is 32.2. The Bertz CT molecular complexity index is 853. The van der Waals surface area contributed by atoms with E-state index in [0.29, 0.717) is 17.9 Å². The fraction of sp³-hybridized carbons (Fsp3) is 0.333. The Hall–Kier alpha value is -2.45. The van der Waals surface area contributed by atoms with E-state index < -0.39 is 16.0 Å². The summed E-state index contributed by atoms with van der Waals surface area (Å²) in [5, 5.41) is 0. The number of nitrogens with zero attached hydrogens (tertiary/aromatic N) is 2. The van der Waals surface area contributed by atoms with Crippen molar-refractivity contribution in [2.75, 3.05) is 20.2 Å². The summed E-state index contributed by atoms with van der Waals surface area (Å²) >= 11 is 0. The zero-order valence-electron chi connectivity index (χ0n) is 14.4. The van der Waals surface area contributed by atoms with Crippen LogP contribution in [0.15, 0.2) is 53.7 Å². The quantitative estimate of drug-likeness (QED) is 0.743. The van der Waals surface area contributed by atoms with Crippen molar-refractivity contribution in [3.63, 3.8) is 0 Å². The lowest BCUT2D eigenvalue weighted by Crippen LogP contribution is -2.44. The van der Waals surface area contributed by atoms with E-state index in [9.17, 15) is 13.2 Å². The molecule has 1 aliphatic rings. The number of esters is 1. The third kappa shape index (κ3) is 4.03. The van der Waals surface area contributed by atoms with Crippen molar-refractivity contribution in [3.8, 4) is 5.75 Å². The second-order valence-corrected chi connectivity index (χ2v) is 7.88. The van der Waals surface area contributed by atoms with Gasteiger partial charge in [0.1, 0.15) is 11.9 Å². The van der Waals surface area contributed by atoms with Gasteiger partial charge in [-0.2, -0.15) is 4.31 Å². The molecular formula is C18H20N2O5S. The van der Waals surface area contributed by atoms with E-state index in [1.807, 2.05) is 0 Å². The maximum atomic E-state index is 12.9. The third-order valence-corrected chi connectivity index (χ3v) is 6.09. The average molecular weight is 376 g/mol. The van der Waals surface area contributed by atoms with Crippen LogP contribution in [0.25, 0.3) is 0 Å². The molecule has 1 aromatic carbocycles. The van der Waals surface area contributed by atoms with E-state index in [0.717, 1.165) is 12.8 Å². The van der Waals surface area contributed by atoms with Crippen LogP contribution in [0.4, 0.5) is 0 Å². The Kier molecular flexibility index (Phi) is 5.53. The van der Waals surface area contributed by atoms with Crippen molar-refractivity contribution in [3.05, 3.63) is 54.4 Å². The molecule has 0 aliphatic carbocycles. The largest absolute Gasteiger partial charge is 0.489 e. The molecule has 1 fully saturated rings. The normalized spacial score (nSPS) is 18.3. The van der Waals surface area contributed by atoms with E-state index in [-0.39, 0.29) is 17.5 Å². The van der Waals surface area contributed by atoms with Crippen molar-refractivity contribution in [2.45, 2.75) is 23.8 Å². The Labute approximate surface area is 152 Å². The molecule has 0 bridgehead atoms. The summed E-state index contributed by atoms with van der Waals surface area (Å²) in [6.07, 6.45) is 4.56. The van der Waals surface area contributed by atoms with Crippen molar-refractivity contribution < 1.29 is 22.7 Å². The van der Waals surface area contributed by atoms with Gasteiger partial charge in [-0.15, -0.1) is 0 Å². The molecule has 2 aromatic rings. The number of sulfonamides is 1. The highest BCUT2D eigenvalue weighted by molar-refractivity contribution is 7.89. The summed E-state index contributed by atoms with van der Waals surface area (Å²) in [6.45, 7) is 0.723. The molecule has 1 unspecified atom stereocenters. The van der Waals surface area contributed by atoms with E-state index in [4.69, 9.17) is 4.74 Å². The number of hydrogen-bond acceptors (Lipinski definition) is 6. The summed E-state index contributed by atoms with van der Waals surface area (Å²) in [5.41, 5.74) is 0.309. The van der Waals surface area contributed by atoms with Gasteiger partial charge >= 0.3 is 5.97 Å². The first kappa shape index (κ1) is 18.3. The zero-order chi connectivity index (χ0) is 18.6. The van der Waals surface area contributed by atoms with Crippen LogP contribution >= 0.6 is 0 Å². The third-order valence-electron chi connectivity index (χ3n) is 4.21. The first-order chi connectivity index (χ1) is 12.5. The molecule has 0 saturated carbocycles. The number of ether oxygens (including phenoxy) is 2. The molecular weight excluding hydrogens is 356 g/mol. The minimum atomic E-state index is -3.65. The molecule has 7 nitrogen and oxygen atoms in total. The standard InChI is InChI=1S/C18H20N2O5S/c1-24-18(21)14-4-6-17(7-5-14)26(22,23)20-12-2-3-16(13-20)25-15-8-10-19-11-9-15/h4-11,16H,2-3,12-13H2,1H3. The number of piperidine rings is 1. The van der Waals surface area contributed by atoms with Crippen LogP contribution in [0.2, 0.25) is 0 Å². The maximum Gasteiger partial charge on any atom is 0.337 e. The minimum absolute atomic E-state index is 0.148.